The number of aromatic nitrogens is 1. The van der Waals surface area contributed by atoms with Gasteiger partial charge in [-0.2, -0.15) is 18.4 Å². The van der Waals surface area contributed by atoms with Gasteiger partial charge in [0.2, 0.25) is 0 Å². The van der Waals surface area contributed by atoms with Crippen LogP contribution in [0.3, 0.4) is 0 Å². The van der Waals surface area contributed by atoms with E-state index < -0.39 is 34.6 Å². The molecule has 0 aliphatic rings. The molecule has 1 aromatic heterocycles. The summed E-state index contributed by atoms with van der Waals surface area (Å²) >= 11 is 0.749. The highest BCUT2D eigenvalue weighted by atomic mass is 32.1. The molecule has 3 aromatic rings. The third kappa shape index (κ3) is 5.41. The predicted octanol–water partition coefficient (Wildman–Crippen LogP) is 2.32. The summed E-state index contributed by atoms with van der Waals surface area (Å²) in [6, 6.07) is 11.2. The normalized spacial score (nSPS) is 12.9. The molecular weight excluding hydrogens is 474 g/mol. The number of nitrogens with one attached hydrogen (secondary N) is 1. The van der Waals surface area contributed by atoms with Gasteiger partial charge in [-0.05, 0) is 35.9 Å². The maximum absolute atomic E-state index is 14.6. The topological polar surface area (TPSA) is 84.1 Å². The van der Waals surface area contributed by atoms with Crippen LogP contribution in [-0.2, 0) is 15.7 Å². The first-order chi connectivity index (χ1) is 16.2. The maximum atomic E-state index is 14.6. The molecule has 0 saturated heterocycles. The Morgan fingerprint density at radius 2 is 1.88 bits per heavy atom. The summed E-state index contributed by atoms with van der Waals surface area (Å²) in [5.41, 5.74) is -1.91. The number of methoxy groups -OCH3 is 1. The second kappa shape index (κ2) is 10.5. The van der Waals surface area contributed by atoms with Crippen LogP contribution in [0, 0.1) is 17.1 Å². The van der Waals surface area contributed by atoms with E-state index >= 15 is 0 Å². The highest BCUT2D eigenvalue weighted by molar-refractivity contribution is 7.07. The van der Waals surface area contributed by atoms with E-state index in [2.05, 4.69) is 5.32 Å². The molecular formula is C23H17F4N3O3S. The molecule has 0 atom stereocenters. The van der Waals surface area contributed by atoms with Crippen LogP contribution in [0.15, 0.2) is 53.3 Å². The average molecular weight is 491 g/mol. The van der Waals surface area contributed by atoms with Gasteiger partial charge in [-0.3, -0.25) is 14.2 Å². The van der Waals surface area contributed by atoms with Gasteiger partial charge in [0.05, 0.1) is 22.4 Å². The molecule has 0 fully saturated rings. The number of amides is 1. The molecule has 0 saturated carbocycles. The van der Waals surface area contributed by atoms with E-state index in [1.165, 1.54) is 43.5 Å². The van der Waals surface area contributed by atoms with Crippen LogP contribution < -0.4 is 20.1 Å². The largest absolute Gasteiger partial charge is 0.416 e. The number of thiazole rings is 1. The molecule has 176 valence electrons. The Morgan fingerprint density at radius 1 is 1.21 bits per heavy atom. The van der Waals surface area contributed by atoms with E-state index in [0.717, 1.165) is 34.1 Å². The lowest BCUT2D eigenvalue weighted by Gasteiger charge is -2.06. The van der Waals surface area contributed by atoms with E-state index in [0.29, 0.717) is 0 Å². The van der Waals surface area contributed by atoms with Crippen molar-refractivity contribution in [2.75, 3.05) is 20.3 Å². The van der Waals surface area contributed by atoms with E-state index in [-0.39, 0.29) is 33.6 Å². The number of hydrogen-bond acceptors (Lipinski definition) is 5. The number of halogens is 4. The van der Waals surface area contributed by atoms with Crippen LogP contribution in [0.4, 0.5) is 17.6 Å². The molecule has 0 unspecified atom stereocenters. The molecule has 0 bridgehead atoms. The number of rotatable bonds is 6. The molecule has 3 rings (SSSR count). The Kier molecular flexibility index (Phi) is 7.65. The van der Waals surface area contributed by atoms with Crippen LogP contribution in [0.5, 0.6) is 0 Å². The van der Waals surface area contributed by atoms with Gasteiger partial charge >= 0.3 is 6.18 Å². The molecule has 11 heteroatoms. The second-order valence-corrected chi connectivity index (χ2v) is 7.89. The Hall–Kier alpha value is -3.75. The van der Waals surface area contributed by atoms with Crippen molar-refractivity contribution in [3.8, 4) is 11.8 Å². The highest BCUT2D eigenvalue weighted by Gasteiger charge is 2.29. The van der Waals surface area contributed by atoms with Crippen molar-refractivity contribution < 1.29 is 27.1 Å². The number of alkyl halides is 3. The summed E-state index contributed by atoms with van der Waals surface area (Å²) in [7, 11) is 1.43. The minimum Gasteiger partial charge on any atom is -0.383 e. The van der Waals surface area contributed by atoms with Crippen molar-refractivity contribution in [3.63, 3.8) is 0 Å². The van der Waals surface area contributed by atoms with E-state index in [9.17, 15) is 32.4 Å². The van der Waals surface area contributed by atoms with Crippen molar-refractivity contribution in [3.05, 3.63) is 85.0 Å². The zero-order valence-electron chi connectivity index (χ0n) is 17.6. The lowest BCUT2D eigenvalue weighted by molar-refractivity contribution is -0.137. The highest BCUT2D eigenvalue weighted by Crippen LogP contribution is 2.29. The van der Waals surface area contributed by atoms with Crippen molar-refractivity contribution in [2.45, 2.75) is 6.18 Å². The fourth-order valence-corrected chi connectivity index (χ4v) is 4.07. The summed E-state index contributed by atoms with van der Waals surface area (Å²) in [5, 5.41) is 12.1. The van der Waals surface area contributed by atoms with Crippen LogP contribution in [0.2, 0.25) is 0 Å². The third-order valence-electron chi connectivity index (χ3n) is 4.60. The standard InChI is InChI=1S/C23H17F4N3O3S/c1-33-11-10-29-20(31)16(13-28)22-30(18-5-3-2-4-17(18)24)21(32)19(34-22)12-14-6-8-15(9-7-14)23(25,26)27/h2-9,12H,10-11H2,1H3,(H,29,31)/b19-12-,22-16-. The van der Waals surface area contributed by atoms with Gasteiger partial charge in [-0.1, -0.05) is 24.3 Å². The van der Waals surface area contributed by atoms with Gasteiger partial charge in [0, 0.05) is 13.7 Å². The molecule has 0 aliphatic heterocycles. The molecule has 0 aliphatic carbocycles. The lowest BCUT2D eigenvalue weighted by Crippen LogP contribution is -2.35. The number of carbonyl (C=O) groups is 1. The monoisotopic (exact) mass is 491 g/mol. The molecule has 1 heterocycles. The zero-order chi connectivity index (χ0) is 24.9. The van der Waals surface area contributed by atoms with Gasteiger partial charge < -0.3 is 10.1 Å². The number of ether oxygens (including phenoxy) is 1. The molecule has 34 heavy (non-hydrogen) atoms. The fraction of sp³-hybridized carbons (Fsp3) is 0.174. The van der Waals surface area contributed by atoms with Crippen molar-refractivity contribution >= 4 is 28.9 Å². The van der Waals surface area contributed by atoms with Crippen LogP contribution in [-0.4, -0.2) is 30.7 Å². The Labute approximate surface area is 194 Å². The Balaban J connectivity index is 2.26. The Morgan fingerprint density at radius 3 is 2.47 bits per heavy atom. The van der Waals surface area contributed by atoms with Crippen LogP contribution in [0.1, 0.15) is 11.1 Å². The van der Waals surface area contributed by atoms with Crippen molar-refractivity contribution in [1.82, 2.24) is 9.88 Å². The third-order valence-corrected chi connectivity index (χ3v) is 5.69. The van der Waals surface area contributed by atoms with Crippen LogP contribution >= 0.6 is 11.3 Å². The first kappa shape index (κ1) is 24.9. The predicted molar refractivity (Wildman–Crippen MR) is 118 cm³/mol. The molecule has 0 spiro atoms. The molecule has 2 aromatic carbocycles. The first-order valence-corrected chi connectivity index (χ1v) is 10.6. The van der Waals surface area contributed by atoms with Gasteiger partial charge in [0.1, 0.15) is 16.5 Å². The summed E-state index contributed by atoms with van der Waals surface area (Å²) in [6.07, 6.45) is -3.20. The number of para-hydroxylation sites is 1. The zero-order valence-corrected chi connectivity index (χ0v) is 18.5. The van der Waals surface area contributed by atoms with Gasteiger partial charge in [-0.15, -0.1) is 11.3 Å². The number of nitriles is 1. The maximum Gasteiger partial charge on any atom is 0.416 e. The van der Waals surface area contributed by atoms with Crippen molar-refractivity contribution in [2.24, 2.45) is 0 Å². The van der Waals surface area contributed by atoms with Gasteiger partial charge in [-0.25, -0.2) is 4.39 Å². The molecule has 6 nitrogen and oxygen atoms in total. The molecule has 1 N–H and O–H groups in total. The van der Waals surface area contributed by atoms with E-state index in [1.54, 1.807) is 6.07 Å². The Bertz CT molecular complexity index is 1420. The summed E-state index contributed by atoms with van der Waals surface area (Å²) in [6.45, 7) is 0.280. The lowest BCUT2D eigenvalue weighted by atomic mass is 10.1. The smallest absolute Gasteiger partial charge is 0.383 e. The van der Waals surface area contributed by atoms with E-state index in [4.69, 9.17) is 4.74 Å². The quantitative estimate of drug-likeness (QED) is 0.424. The fourth-order valence-electron chi connectivity index (χ4n) is 2.97. The minimum absolute atomic E-state index is 0.00421. The average Bonchev–Trinajstić information content (AvgIpc) is 3.10. The number of nitrogens with zero attached hydrogens (tertiary/aromatic N) is 2. The minimum atomic E-state index is -4.51. The second-order valence-electron chi connectivity index (χ2n) is 6.86. The summed E-state index contributed by atoms with van der Waals surface area (Å²) in [5.74, 6) is -1.55. The van der Waals surface area contributed by atoms with Gasteiger partial charge in [0.15, 0.2) is 5.57 Å². The first-order valence-electron chi connectivity index (χ1n) is 9.74. The van der Waals surface area contributed by atoms with Gasteiger partial charge in [0.25, 0.3) is 11.5 Å². The van der Waals surface area contributed by atoms with Crippen LogP contribution in [0.25, 0.3) is 17.3 Å². The number of carbonyl (C=O) groups excluding carboxylic acids is 1. The van der Waals surface area contributed by atoms with Crippen molar-refractivity contribution in [1.29, 1.82) is 5.26 Å². The number of benzene rings is 2. The summed E-state index contributed by atoms with van der Waals surface area (Å²) in [4.78, 5) is 25.8. The summed E-state index contributed by atoms with van der Waals surface area (Å²) < 4.78 is 58.7. The number of hydrogen-bond donors (Lipinski definition) is 1. The molecule has 1 amide bonds. The SMILES string of the molecule is COCCNC(=O)/C(C#N)=c1\s/c(=C\c2ccc(C(F)(F)F)cc2)c(=O)n1-c1ccccc1F. The molecule has 0 radical (unpaired) electrons. The van der Waals surface area contributed by atoms with E-state index in [1.807, 2.05) is 0 Å².